The highest BCUT2D eigenvalue weighted by Crippen LogP contribution is 2.29. The molecule has 1 heterocycles. The number of aromatic nitrogens is 2. The highest BCUT2D eigenvalue weighted by atomic mass is 16.5. The number of nitrogens with one attached hydrogen (secondary N) is 1. The zero-order valence-corrected chi connectivity index (χ0v) is 12.2. The van der Waals surface area contributed by atoms with Crippen LogP contribution >= 0.6 is 0 Å². The summed E-state index contributed by atoms with van der Waals surface area (Å²) in [5.41, 5.74) is 1.67. The third kappa shape index (κ3) is 3.27. The molecule has 0 fully saturated rings. The molecule has 0 aliphatic carbocycles. The molecule has 0 spiro atoms. The van der Waals surface area contributed by atoms with Gasteiger partial charge in [-0.25, -0.2) is 9.97 Å². The van der Waals surface area contributed by atoms with Crippen molar-refractivity contribution in [3.05, 3.63) is 23.3 Å². The lowest BCUT2D eigenvalue weighted by molar-refractivity contribution is -0.0294. The Morgan fingerprint density at radius 1 is 1.22 bits per heavy atom. The normalized spacial score (nSPS) is 11.8. The lowest BCUT2D eigenvalue weighted by atomic mass is 9.95. The van der Waals surface area contributed by atoms with Crippen LogP contribution in [0.2, 0.25) is 0 Å². The van der Waals surface area contributed by atoms with Crippen molar-refractivity contribution >= 4 is 0 Å². The van der Waals surface area contributed by atoms with E-state index in [1.165, 1.54) is 0 Å². The van der Waals surface area contributed by atoms with Gasteiger partial charge >= 0.3 is 0 Å². The summed E-state index contributed by atoms with van der Waals surface area (Å²) in [6, 6.07) is 2.03. The van der Waals surface area contributed by atoms with Gasteiger partial charge in [0.05, 0.1) is 5.69 Å². The standard InChI is InChI=1S/C14H25N3O/c1-6-14(7-2,18-5)13-16-11(4)9-12(17-13)10-15-8-3/h9,15H,6-8,10H2,1-5H3. The maximum atomic E-state index is 5.69. The number of hydrogen-bond acceptors (Lipinski definition) is 4. The highest BCUT2D eigenvalue weighted by molar-refractivity contribution is 5.14. The van der Waals surface area contributed by atoms with E-state index in [-0.39, 0.29) is 5.60 Å². The Hall–Kier alpha value is -1.00. The molecule has 4 heteroatoms. The van der Waals surface area contributed by atoms with Gasteiger partial charge in [0.2, 0.25) is 0 Å². The Morgan fingerprint density at radius 3 is 2.39 bits per heavy atom. The van der Waals surface area contributed by atoms with E-state index in [2.05, 4.69) is 36.1 Å². The van der Waals surface area contributed by atoms with Gasteiger partial charge in [0, 0.05) is 19.3 Å². The topological polar surface area (TPSA) is 47.0 Å². The van der Waals surface area contributed by atoms with E-state index in [4.69, 9.17) is 4.74 Å². The van der Waals surface area contributed by atoms with Gasteiger partial charge in [0.25, 0.3) is 0 Å². The molecule has 18 heavy (non-hydrogen) atoms. The predicted octanol–water partition coefficient (Wildman–Crippen LogP) is 2.56. The molecule has 4 nitrogen and oxygen atoms in total. The summed E-state index contributed by atoms with van der Waals surface area (Å²) in [6.07, 6.45) is 1.76. The van der Waals surface area contributed by atoms with Crippen LogP contribution < -0.4 is 5.32 Å². The molecule has 0 radical (unpaired) electrons. The number of methoxy groups -OCH3 is 1. The molecule has 0 bridgehead atoms. The van der Waals surface area contributed by atoms with Gasteiger partial charge in [-0.05, 0) is 32.4 Å². The third-order valence-corrected chi connectivity index (χ3v) is 3.40. The molecule has 1 N–H and O–H groups in total. The van der Waals surface area contributed by atoms with Gasteiger partial charge in [-0.1, -0.05) is 20.8 Å². The summed E-state index contributed by atoms with van der Waals surface area (Å²) in [4.78, 5) is 9.22. The van der Waals surface area contributed by atoms with E-state index in [1.54, 1.807) is 7.11 Å². The summed E-state index contributed by atoms with van der Waals surface area (Å²) >= 11 is 0. The first-order chi connectivity index (χ1) is 8.61. The summed E-state index contributed by atoms with van der Waals surface area (Å²) in [5.74, 6) is 0.808. The zero-order chi connectivity index (χ0) is 13.6. The largest absolute Gasteiger partial charge is 0.370 e. The number of rotatable bonds is 7. The highest BCUT2D eigenvalue weighted by Gasteiger charge is 2.31. The van der Waals surface area contributed by atoms with Crippen molar-refractivity contribution in [3.63, 3.8) is 0 Å². The van der Waals surface area contributed by atoms with Gasteiger partial charge in [0.15, 0.2) is 5.82 Å². The first kappa shape index (κ1) is 15.1. The first-order valence-electron chi connectivity index (χ1n) is 6.72. The summed E-state index contributed by atoms with van der Waals surface area (Å²) in [7, 11) is 1.74. The Balaban J connectivity index is 3.10. The fourth-order valence-corrected chi connectivity index (χ4v) is 2.13. The van der Waals surface area contributed by atoms with Crippen LogP contribution in [-0.2, 0) is 16.9 Å². The molecule has 0 unspecified atom stereocenters. The molecule has 102 valence electrons. The number of ether oxygens (including phenoxy) is 1. The molecule has 0 aromatic carbocycles. The Labute approximate surface area is 110 Å². The molecule has 0 saturated carbocycles. The number of aryl methyl sites for hydroxylation is 1. The molecule has 0 amide bonds. The number of nitrogens with zero attached hydrogens (tertiary/aromatic N) is 2. The SMILES string of the molecule is CCNCc1cc(C)nc(C(CC)(CC)OC)n1. The number of hydrogen-bond donors (Lipinski definition) is 1. The van der Waals surface area contributed by atoms with Gasteiger partial charge in [-0.3, -0.25) is 0 Å². The molecule has 0 saturated heterocycles. The van der Waals surface area contributed by atoms with Crippen molar-refractivity contribution in [2.24, 2.45) is 0 Å². The predicted molar refractivity (Wildman–Crippen MR) is 73.4 cm³/mol. The zero-order valence-electron chi connectivity index (χ0n) is 12.2. The molecule has 0 atom stereocenters. The van der Waals surface area contributed by atoms with Crippen molar-refractivity contribution < 1.29 is 4.74 Å². The van der Waals surface area contributed by atoms with Crippen LogP contribution in [0, 0.1) is 6.92 Å². The average molecular weight is 251 g/mol. The second-order valence-corrected chi connectivity index (χ2v) is 4.51. The maximum absolute atomic E-state index is 5.69. The lowest BCUT2D eigenvalue weighted by Gasteiger charge is -2.29. The second kappa shape index (κ2) is 6.81. The van der Waals surface area contributed by atoms with Crippen molar-refractivity contribution in [2.45, 2.75) is 52.7 Å². The van der Waals surface area contributed by atoms with Crippen molar-refractivity contribution in [3.8, 4) is 0 Å². The van der Waals surface area contributed by atoms with E-state index in [0.717, 1.165) is 43.1 Å². The van der Waals surface area contributed by atoms with Crippen LogP contribution in [0.3, 0.4) is 0 Å². The Bertz CT molecular complexity index is 367. The van der Waals surface area contributed by atoms with E-state index in [9.17, 15) is 0 Å². The van der Waals surface area contributed by atoms with Crippen LogP contribution in [0.15, 0.2) is 6.07 Å². The molecule has 1 rings (SSSR count). The van der Waals surface area contributed by atoms with E-state index in [1.807, 2.05) is 13.0 Å². The molecule has 1 aromatic heterocycles. The quantitative estimate of drug-likeness (QED) is 0.809. The van der Waals surface area contributed by atoms with Gasteiger partial charge in [-0.2, -0.15) is 0 Å². The van der Waals surface area contributed by atoms with Crippen molar-refractivity contribution in [2.75, 3.05) is 13.7 Å². The molecular weight excluding hydrogens is 226 g/mol. The van der Waals surface area contributed by atoms with E-state index < -0.39 is 0 Å². The molecule has 0 aliphatic rings. The van der Waals surface area contributed by atoms with Crippen LogP contribution in [0.25, 0.3) is 0 Å². The summed E-state index contributed by atoms with van der Waals surface area (Å²) < 4.78 is 5.69. The fourth-order valence-electron chi connectivity index (χ4n) is 2.13. The van der Waals surface area contributed by atoms with Crippen molar-refractivity contribution in [1.29, 1.82) is 0 Å². The van der Waals surface area contributed by atoms with Crippen LogP contribution in [0.5, 0.6) is 0 Å². The molecule has 0 aliphatic heterocycles. The molecular formula is C14H25N3O. The smallest absolute Gasteiger partial charge is 0.160 e. The average Bonchev–Trinajstić information content (AvgIpc) is 2.39. The van der Waals surface area contributed by atoms with E-state index >= 15 is 0 Å². The molecule has 1 aromatic rings. The Morgan fingerprint density at radius 2 is 1.89 bits per heavy atom. The maximum Gasteiger partial charge on any atom is 0.160 e. The fraction of sp³-hybridized carbons (Fsp3) is 0.714. The van der Waals surface area contributed by atoms with Gasteiger partial charge in [0.1, 0.15) is 5.60 Å². The third-order valence-electron chi connectivity index (χ3n) is 3.40. The minimum Gasteiger partial charge on any atom is -0.370 e. The summed E-state index contributed by atoms with van der Waals surface area (Å²) in [5, 5.41) is 3.29. The summed E-state index contributed by atoms with van der Waals surface area (Å²) in [6.45, 7) is 10.0. The van der Waals surface area contributed by atoms with Crippen LogP contribution in [-0.4, -0.2) is 23.6 Å². The van der Waals surface area contributed by atoms with Gasteiger partial charge < -0.3 is 10.1 Å². The Kier molecular flexibility index (Phi) is 5.69. The first-order valence-corrected chi connectivity index (χ1v) is 6.72. The minimum atomic E-state index is -0.354. The van der Waals surface area contributed by atoms with Crippen LogP contribution in [0.1, 0.15) is 50.8 Å². The van der Waals surface area contributed by atoms with E-state index in [0.29, 0.717) is 0 Å². The van der Waals surface area contributed by atoms with Crippen molar-refractivity contribution in [1.82, 2.24) is 15.3 Å². The second-order valence-electron chi connectivity index (χ2n) is 4.51. The monoisotopic (exact) mass is 251 g/mol. The van der Waals surface area contributed by atoms with Crippen LogP contribution in [0.4, 0.5) is 0 Å². The minimum absolute atomic E-state index is 0.354. The lowest BCUT2D eigenvalue weighted by Crippen LogP contribution is -2.30. The van der Waals surface area contributed by atoms with Gasteiger partial charge in [-0.15, -0.1) is 0 Å².